The molecule has 0 atom stereocenters. The average molecular weight is 680 g/mol. The number of hydrogen-bond donors (Lipinski definition) is 0. The lowest BCUT2D eigenvalue weighted by Gasteiger charge is -2.26. The largest absolute Gasteiger partial charge is 0.456 e. The van der Waals surface area contributed by atoms with Gasteiger partial charge < -0.3 is 9.32 Å². The molecule has 0 aliphatic heterocycles. The van der Waals surface area contributed by atoms with Crippen molar-refractivity contribution < 1.29 is 4.42 Å². The van der Waals surface area contributed by atoms with Gasteiger partial charge in [-0.25, -0.2) is 0 Å². The second kappa shape index (κ2) is 12.3. The minimum atomic E-state index is -0.152. The maximum atomic E-state index is 6.61. The Morgan fingerprint density at radius 1 is 0.434 bits per heavy atom. The van der Waals surface area contributed by atoms with Gasteiger partial charge in [-0.1, -0.05) is 153 Å². The molecule has 0 saturated heterocycles. The molecule has 9 aromatic rings. The van der Waals surface area contributed by atoms with E-state index in [1.54, 1.807) is 0 Å². The number of hydrogen-bond acceptors (Lipinski definition) is 2. The average Bonchev–Trinajstić information content (AvgIpc) is 3.72. The van der Waals surface area contributed by atoms with E-state index in [1.807, 2.05) is 0 Å². The van der Waals surface area contributed by atoms with E-state index in [0.29, 0.717) is 0 Å². The third-order valence-electron chi connectivity index (χ3n) is 11.0. The molecule has 8 aromatic carbocycles. The number of para-hydroxylation sites is 1. The molecule has 1 heterocycles. The molecule has 53 heavy (non-hydrogen) atoms. The molecular weight excluding hydrogens is 643 g/mol. The zero-order valence-electron chi connectivity index (χ0n) is 29.8. The van der Waals surface area contributed by atoms with E-state index in [9.17, 15) is 0 Å². The Morgan fingerprint density at radius 2 is 0.962 bits per heavy atom. The Morgan fingerprint density at radius 3 is 1.62 bits per heavy atom. The predicted octanol–water partition coefficient (Wildman–Crippen LogP) is 14.4. The van der Waals surface area contributed by atoms with E-state index >= 15 is 0 Å². The van der Waals surface area contributed by atoms with Crippen LogP contribution < -0.4 is 4.90 Å². The minimum Gasteiger partial charge on any atom is -0.456 e. The zero-order chi connectivity index (χ0) is 35.5. The van der Waals surface area contributed by atoms with Crippen molar-refractivity contribution >= 4 is 38.8 Å². The van der Waals surface area contributed by atoms with Gasteiger partial charge in [-0.15, -0.1) is 0 Å². The third-order valence-corrected chi connectivity index (χ3v) is 11.0. The van der Waals surface area contributed by atoms with Crippen LogP contribution in [0.2, 0.25) is 0 Å². The summed E-state index contributed by atoms with van der Waals surface area (Å²) in [5.41, 5.74) is 15.2. The van der Waals surface area contributed by atoms with Gasteiger partial charge in [-0.05, 0) is 98.2 Å². The highest BCUT2D eigenvalue weighted by atomic mass is 16.3. The highest BCUT2D eigenvalue weighted by molar-refractivity contribution is 6.00. The lowest BCUT2D eigenvalue weighted by atomic mass is 9.81. The molecule has 252 valence electrons. The summed E-state index contributed by atoms with van der Waals surface area (Å²) in [6, 6.07) is 67.7. The zero-order valence-corrected chi connectivity index (χ0v) is 29.8. The normalized spacial score (nSPS) is 12.9. The highest BCUT2D eigenvalue weighted by Crippen LogP contribution is 2.55. The molecule has 2 nitrogen and oxygen atoms in total. The molecule has 0 N–H and O–H groups in total. The molecule has 0 unspecified atom stereocenters. The fraction of sp³-hybridized carbons (Fsp3) is 0.0588. The maximum absolute atomic E-state index is 6.61. The molecule has 0 spiro atoms. The Kier molecular flexibility index (Phi) is 7.19. The van der Waals surface area contributed by atoms with Gasteiger partial charge in [0.1, 0.15) is 11.3 Å². The molecule has 1 aromatic heterocycles. The molecule has 0 radical (unpaired) electrons. The van der Waals surface area contributed by atoms with Crippen LogP contribution in [0.1, 0.15) is 25.0 Å². The fourth-order valence-electron chi connectivity index (χ4n) is 8.39. The van der Waals surface area contributed by atoms with Gasteiger partial charge in [-0.3, -0.25) is 0 Å². The summed E-state index contributed by atoms with van der Waals surface area (Å²) in [6.07, 6.45) is 0. The lowest BCUT2D eigenvalue weighted by Crippen LogP contribution is -2.14. The van der Waals surface area contributed by atoms with Crippen LogP contribution in [0.25, 0.3) is 66.4 Å². The third kappa shape index (κ3) is 5.18. The first-order chi connectivity index (χ1) is 26.0. The van der Waals surface area contributed by atoms with Crippen molar-refractivity contribution in [2.75, 3.05) is 4.90 Å². The molecule has 1 aliphatic rings. The standard InChI is InChI=1S/C51H37NO/c1-51(2)46-18-11-17-44(48(46)50-49(51)45-16-9-10-19-47(45)53-50)40-21-20-39-33-43(31-26-38(39)32-40)52(41-27-22-36(23-28-41)34-12-5-3-6-13-34)42-29-24-37(25-30-42)35-14-7-4-8-15-35/h3-33H,1-2H3. The lowest BCUT2D eigenvalue weighted by molar-refractivity contribution is 0.619. The van der Waals surface area contributed by atoms with E-state index in [0.717, 1.165) is 28.4 Å². The maximum Gasteiger partial charge on any atom is 0.140 e. The van der Waals surface area contributed by atoms with Crippen molar-refractivity contribution in [3.63, 3.8) is 0 Å². The van der Waals surface area contributed by atoms with Crippen molar-refractivity contribution in [3.8, 4) is 44.7 Å². The summed E-state index contributed by atoms with van der Waals surface area (Å²) in [5, 5.41) is 3.59. The van der Waals surface area contributed by atoms with Gasteiger partial charge in [0.15, 0.2) is 0 Å². The van der Waals surface area contributed by atoms with Crippen molar-refractivity contribution in [2.24, 2.45) is 0 Å². The van der Waals surface area contributed by atoms with Crippen LogP contribution >= 0.6 is 0 Å². The topological polar surface area (TPSA) is 16.4 Å². The molecule has 10 rings (SSSR count). The summed E-state index contributed by atoms with van der Waals surface area (Å²) < 4.78 is 6.61. The molecule has 0 saturated carbocycles. The summed E-state index contributed by atoms with van der Waals surface area (Å²) >= 11 is 0. The van der Waals surface area contributed by atoms with Gasteiger partial charge >= 0.3 is 0 Å². The van der Waals surface area contributed by atoms with Crippen molar-refractivity contribution in [3.05, 3.63) is 199 Å². The van der Waals surface area contributed by atoms with E-state index in [4.69, 9.17) is 4.42 Å². The Hall–Kier alpha value is -6.64. The summed E-state index contributed by atoms with van der Waals surface area (Å²) in [6.45, 7) is 4.64. The number of furan rings is 1. The Labute approximate surface area is 310 Å². The van der Waals surface area contributed by atoms with Crippen LogP contribution in [0.15, 0.2) is 192 Å². The van der Waals surface area contributed by atoms with Crippen molar-refractivity contribution in [1.29, 1.82) is 0 Å². The monoisotopic (exact) mass is 679 g/mol. The van der Waals surface area contributed by atoms with Crippen molar-refractivity contribution in [2.45, 2.75) is 19.3 Å². The quantitative estimate of drug-likeness (QED) is 0.174. The van der Waals surface area contributed by atoms with Crippen LogP contribution in [0.5, 0.6) is 0 Å². The molecule has 1 aliphatic carbocycles. The number of benzene rings is 8. The van der Waals surface area contributed by atoms with Crippen molar-refractivity contribution in [1.82, 2.24) is 0 Å². The SMILES string of the molecule is CC1(C)c2cccc(-c3ccc4cc(N(c5ccc(-c6ccccc6)cc5)c5ccc(-c6ccccc6)cc5)ccc4c3)c2-c2oc3ccccc3c21. The number of rotatable bonds is 6. The molecular formula is C51H37NO. The van der Waals surface area contributed by atoms with E-state index < -0.39 is 0 Å². The summed E-state index contributed by atoms with van der Waals surface area (Å²) in [7, 11) is 0. The summed E-state index contributed by atoms with van der Waals surface area (Å²) in [5.74, 6) is 1.00. The first-order valence-electron chi connectivity index (χ1n) is 18.3. The first kappa shape index (κ1) is 31.1. The van der Waals surface area contributed by atoms with Gasteiger partial charge in [0.25, 0.3) is 0 Å². The smallest absolute Gasteiger partial charge is 0.140 e. The van der Waals surface area contributed by atoms with Gasteiger partial charge in [0.2, 0.25) is 0 Å². The molecule has 2 heteroatoms. The Balaban J connectivity index is 1.06. The van der Waals surface area contributed by atoms with Crippen LogP contribution in [-0.4, -0.2) is 0 Å². The fourth-order valence-corrected chi connectivity index (χ4v) is 8.39. The van der Waals surface area contributed by atoms with E-state index in [1.165, 1.54) is 66.2 Å². The number of nitrogens with zero attached hydrogens (tertiary/aromatic N) is 1. The van der Waals surface area contributed by atoms with Gasteiger partial charge in [-0.2, -0.15) is 0 Å². The van der Waals surface area contributed by atoms with Gasteiger partial charge in [0, 0.05) is 39.0 Å². The van der Waals surface area contributed by atoms with E-state index in [-0.39, 0.29) is 5.41 Å². The number of fused-ring (bicyclic) bond motifs is 6. The Bertz CT molecular complexity index is 2690. The van der Waals surface area contributed by atoms with Crippen LogP contribution in [0.3, 0.4) is 0 Å². The van der Waals surface area contributed by atoms with Crippen LogP contribution in [0, 0.1) is 0 Å². The first-order valence-corrected chi connectivity index (χ1v) is 18.3. The van der Waals surface area contributed by atoms with Crippen LogP contribution in [0.4, 0.5) is 17.1 Å². The highest BCUT2D eigenvalue weighted by Gasteiger charge is 2.41. The summed E-state index contributed by atoms with van der Waals surface area (Å²) in [4.78, 5) is 2.35. The second-order valence-electron chi connectivity index (χ2n) is 14.6. The molecule has 0 fully saturated rings. The van der Waals surface area contributed by atoms with Crippen LogP contribution in [-0.2, 0) is 5.41 Å². The molecule has 0 amide bonds. The molecule has 0 bridgehead atoms. The number of anilines is 3. The second-order valence-corrected chi connectivity index (χ2v) is 14.6. The van der Waals surface area contributed by atoms with Gasteiger partial charge in [0.05, 0.1) is 0 Å². The predicted molar refractivity (Wildman–Crippen MR) is 222 cm³/mol. The minimum absolute atomic E-state index is 0.152. The van der Waals surface area contributed by atoms with E-state index in [2.05, 4.69) is 207 Å².